The molecule has 2 heteroatoms. The highest BCUT2D eigenvalue weighted by Crippen LogP contribution is 2.67. The predicted molar refractivity (Wildman–Crippen MR) is 52.6 cm³/mol. The largest absolute Gasteiger partial charge is 0.459 e. The third-order valence-corrected chi connectivity index (χ3v) is 5.29. The minimum absolute atomic E-state index is 0.0286. The van der Waals surface area contributed by atoms with Crippen molar-refractivity contribution in [2.75, 3.05) is 0 Å². The number of esters is 1. The molecule has 4 aliphatic rings. The molecule has 4 atom stereocenters. The molecule has 0 N–H and O–H groups in total. The fourth-order valence-electron chi connectivity index (χ4n) is 4.18. The first kappa shape index (κ1) is 8.75. The topological polar surface area (TPSA) is 26.3 Å². The summed E-state index contributed by atoms with van der Waals surface area (Å²) < 4.78 is 5.60. The molecule has 4 rings (SSSR count). The Hall–Kier alpha value is -0.530. The maximum atomic E-state index is 11.4. The minimum atomic E-state index is -0.130. The molecule has 2 bridgehead atoms. The molecule has 0 amide bonds. The van der Waals surface area contributed by atoms with Crippen LogP contribution in [-0.2, 0) is 9.53 Å². The number of hydrogen-bond acceptors (Lipinski definition) is 2. The summed E-state index contributed by atoms with van der Waals surface area (Å²) in [5.74, 6) is 1.97. The van der Waals surface area contributed by atoms with E-state index in [-0.39, 0.29) is 11.6 Å². The maximum absolute atomic E-state index is 11.4. The van der Waals surface area contributed by atoms with Crippen LogP contribution in [0.5, 0.6) is 0 Å². The van der Waals surface area contributed by atoms with Gasteiger partial charge in [-0.15, -0.1) is 0 Å². The van der Waals surface area contributed by atoms with E-state index in [2.05, 4.69) is 20.8 Å². The van der Waals surface area contributed by atoms with E-state index in [1.54, 1.807) is 0 Å². The first-order valence-electron chi connectivity index (χ1n) is 5.66. The first-order chi connectivity index (χ1) is 6.44. The Morgan fingerprint density at radius 2 is 1.93 bits per heavy atom. The van der Waals surface area contributed by atoms with Gasteiger partial charge in [0.15, 0.2) is 0 Å². The fraction of sp³-hybridized carbons (Fsp3) is 0.917. The molecule has 14 heavy (non-hydrogen) atoms. The zero-order chi connectivity index (χ0) is 10.1. The molecular weight excluding hydrogens is 176 g/mol. The summed E-state index contributed by atoms with van der Waals surface area (Å²) in [6.07, 6.45) is 3.14. The molecule has 1 saturated heterocycles. The SMILES string of the molecule is CC1(C)[C@@H]2C[C@H]3CC(=O)O[C@@]3(C)[C@H]1C2. The van der Waals surface area contributed by atoms with Gasteiger partial charge in [-0.1, -0.05) is 13.8 Å². The summed E-state index contributed by atoms with van der Waals surface area (Å²) in [7, 11) is 0. The molecule has 2 nitrogen and oxygen atoms in total. The number of hydrogen-bond donors (Lipinski definition) is 0. The Kier molecular flexibility index (Phi) is 1.36. The van der Waals surface area contributed by atoms with Gasteiger partial charge in [0.1, 0.15) is 5.60 Å². The summed E-state index contributed by atoms with van der Waals surface area (Å²) in [6.45, 7) is 6.82. The van der Waals surface area contributed by atoms with Crippen LogP contribution in [0.4, 0.5) is 0 Å². The molecule has 78 valence electrons. The molecule has 0 radical (unpaired) electrons. The lowest BCUT2D eigenvalue weighted by molar-refractivity contribution is -0.214. The highest BCUT2D eigenvalue weighted by molar-refractivity contribution is 5.73. The van der Waals surface area contributed by atoms with E-state index < -0.39 is 0 Å². The van der Waals surface area contributed by atoms with Crippen molar-refractivity contribution in [1.29, 1.82) is 0 Å². The molecule has 4 fully saturated rings. The van der Waals surface area contributed by atoms with E-state index in [1.807, 2.05) is 0 Å². The highest BCUT2D eigenvalue weighted by atomic mass is 16.6. The molecule has 1 heterocycles. The van der Waals surface area contributed by atoms with Gasteiger partial charge in [0.2, 0.25) is 0 Å². The maximum Gasteiger partial charge on any atom is 0.306 e. The average Bonchev–Trinajstić information content (AvgIpc) is 2.37. The second-order valence-electron chi connectivity index (χ2n) is 6.10. The lowest BCUT2D eigenvalue weighted by Gasteiger charge is -2.64. The minimum Gasteiger partial charge on any atom is -0.459 e. The van der Waals surface area contributed by atoms with Gasteiger partial charge in [-0.3, -0.25) is 4.79 Å². The van der Waals surface area contributed by atoms with E-state index >= 15 is 0 Å². The highest BCUT2D eigenvalue weighted by Gasteiger charge is 2.67. The third kappa shape index (κ3) is 0.768. The summed E-state index contributed by atoms with van der Waals surface area (Å²) in [6, 6.07) is 0. The Morgan fingerprint density at radius 1 is 1.21 bits per heavy atom. The van der Waals surface area contributed by atoms with Crippen molar-refractivity contribution in [3.63, 3.8) is 0 Å². The van der Waals surface area contributed by atoms with Gasteiger partial charge in [-0.05, 0) is 31.1 Å². The first-order valence-corrected chi connectivity index (χ1v) is 5.66. The van der Waals surface area contributed by atoms with Crippen LogP contribution in [0.25, 0.3) is 0 Å². The molecular formula is C12H18O2. The van der Waals surface area contributed by atoms with Crippen molar-refractivity contribution in [2.24, 2.45) is 23.2 Å². The van der Waals surface area contributed by atoms with Crippen molar-refractivity contribution in [1.82, 2.24) is 0 Å². The van der Waals surface area contributed by atoms with E-state index in [0.29, 0.717) is 23.7 Å². The van der Waals surface area contributed by atoms with Crippen molar-refractivity contribution in [3.05, 3.63) is 0 Å². The summed E-state index contributed by atoms with van der Waals surface area (Å²) in [5, 5.41) is 0. The van der Waals surface area contributed by atoms with Crippen LogP contribution in [-0.4, -0.2) is 11.6 Å². The summed E-state index contributed by atoms with van der Waals surface area (Å²) in [4.78, 5) is 11.4. The quantitative estimate of drug-likeness (QED) is 0.553. The van der Waals surface area contributed by atoms with Crippen LogP contribution in [0.2, 0.25) is 0 Å². The number of ether oxygens (including phenoxy) is 1. The second-order valence-corrected chi connectivity index (χ2v) is 6.10. The van der Waals surface area contributed by atoms with Crippen LogP contribution < -0.4 is 0 Å². The fourth-order valence-corrected chi connectivity index (χ4v) is 4.18. The van der Waals surface area contributed by atoms with Crippen molar-refractivity contribution in [3.8, 4) is 0 Å². The zero-order valence-corrected chi connectivity index (χ0v) is 9.17. The lowest BCUT2D eigenvalue weighted by atomic mass is 9.42. The number of rotatable bonds is 0. The molecule has 0 unspecified atom stereocenters. The van der Waals surface area contributed by atoms with Gasteiger partial charge in [0, 0.05) is 11.8 Å². The molecule has 0 aromatic heterocycles. The Balaban J connectivity index is 1.98. The molecule has 0 aromatic carbocycles. The van der Waals surface area contributed by atoms with E-state index in [9.17, 15) is 4.79 Å². The Bertz CT molecular complexity index is 307. The van der Waals surface area contributed by atoms with Gasteiger partial charge < -0.3 is 4.74 Å². The standard InChI is InChI=1S/C12H18O2/c1-11(2)7-4-8-6-10(13)14-12(8,3)9(11)5-7/h7-9H,4-6H2,1-3H3/t7-,8+,9+,12-/m1/s1. The van der Waals surface area contributed by atoms with Crippen molar-refractivity contribution in [2.45, 2.75) is 45.6 Å². The Labute approximate surface area is 85.0 Å². The summed E-state index contributed by atoms with van der Waals surface area (Å²) in [5.41, 5.74) is 0.269. The predicted octanol–water partition coefficient (Wildman–Crippen LogP) is 2.37. The number of carbonyl (C=O) groups is 1. The Morgan fingerprint density at radius 3 is 2.57 bits per heavy atom. The van der Waals surface area contributed by atoms with Crippen LogP contribution in [0.15, 0.2) is 0 Å². The van der Waals surface area contributed by atoms with Crippen LogP contribution in [0.1, 0.15) is 40.0 Å². The smallest absolute Gasteiger partial charge is 0.306 e. The van der Waals surface area contributed by atoms with Crippen LogP contribution in [0.3, 0.4) is 0 Å². The van der Waals surface area contributed by atoms with E-state index in [4.69, 9.17) is 4.74 Å². The average molecular weight is 194 g/mol. The lowest BCUT2D eigenvalue weighted by Crippen LogP contribution is -2.63. The van der Waals surface area contributed by atoms with Crippen LogP contribution >= 0.6 is 0 Å². The zero-order valence-electron chi connectivity index (χ0n) is 9.17. The normalized spacial score (nSPS) is 53.4. The molecule has 1 aliphatic heterocycles. The van der Waals surface area contributed by atoms with E-state index in [1.165, 1.54) is 12.8 Å². The van der Waals surface area contributed by atoms with E-state index in [0.717, 1.165) is 5.92 Å². The second kappa shape index (κ2) is 2.17. The monoisotopic (exact) mass is 194 g/mol. The van der Waals surface area contributed by atoms with Crippen LogP contribution in [0, 0.1) is 23.2 Å². The van der Waals surface area contributed by atoms with Crippen molar-refractivity contribution < 1.29 is 9.53 Å². The van der Waals surface area contributed by atoms with Crippen molar-refractivity contribution >= 4 is 5.97 Å². The van der Waals surface area contributed by atoms with Gasteiger partial charge in [0.05, 0.1) is 6.42 Å². The third-order valence-electron chi connectivity index (χ3n) is 5.29. The van der Waals surface area contributed by atoms with Gasteiger partial charge in [0.25, 0.3) is 0 Å². The molecule has 0 spiro atoms. The molecule has 3 aliphatic carbocycles. The molecule has 0 aromatic rings. The van der Waals surface area contributed by atoms with Gasteiger partial charge >= 0.3 is 5.97 Å². The summed E-state index contributed by atoms with van der Waals surface area (Å²) >= 11 is 0. The van der Waals surface area contributed by atoms with Gasteiger partial charge in [-0.2, -0.15) is 0 Å². The number of carbonyl (C=O) groups excluding carboxylic acids is 1. The molecule has 3 saturated carbocycles. The van der Waals surface area contributed by atoms with Gasteiger partial charge in [-0.25, -0.2) is 0 Å².